The maximum absolute atomic E-state index is 14.7. The number of ether oxygens (including phenoxy) is 1. The number of nitrogens with two attached hydrogens (primary N) is 5. The molecule has 1 aliphatic rings. The van der Waals surface area contributed by atoms with E-state index in [1.807, 2.05) is 0 Å². The number of hydrogen-bond acceptors (Lipinski definition) is 24. The van der Waals surface area contributed by atoms with Crippen molar-refractivity contribution in [3.63, 3.8) is 0 Å². The SMILES string of the molecule is CNC(=O)c1ccccc1Sc1ccc2c(/C=C/c3ccccn3)nn(C(=O)OCCC(=O)N[C@@H](CCN)C(=O)N[C@H](C(=O)N[C@@H](CCN)C(=O)N[C@H]3CCNC(=O)[C@H]([C@@H](C)O)NC(=O)[C@H](CCN)NC(=O)[C@H](CCN)NC(=O)[C@H](CC(C)C)NC(=O)[C@@H](Cc4ccccc4)NC(=O)[C@H](CCN)NC3=O)[C@@H](C)O)c2c1. The van der Waals surface area contributed by atoms with Crippen molar-refractivity contribution in [3.05, 3.63) is 120 Å². The topological polar surface area (TPSA) is 577 Å². The second-order valence-electron chi connectivity index (χ2n) is 26.4. The van der Waals surface area contributed by atoms with Gasteiger partial charge in [-0.15, -0.1) is 0 Å². The summed E-state index contributed by atoms with van der Waals surface area (Å²) in [7, 11) is 1.52. The van der Waals surface area contributed by atoms with Crippen molar-refractivity contribution in [1.82, 2.24) is 78.6 Å². The highest BCUT2D eigenvalue weighted by Gasteiger charge is 2.38. The number of carbonyl (C=O) groups excluding carboxylic acids is 13. The molecule has 110 heavy (non-hydrogen) atoms. The lowest BCUT2D eigenvalue weighted by Crippen LogP contribution is -2.62. The van der Waals surface area contributed by atoms with Gasteiger partial charge in [0.05, 0.1) is 41.1 Å². The summed E-state index contributed by atoms with van der Waals surface area (Å²) >= 11 is 1.27. The molecule has 0 unspecified atom stereocenters. The Labute approximate surface area is 640 Å². The van der Waals surface area contributed by atoms with Crippen molar-refractivity contribution < 1.29 is 77.3 Å². The van der Waals surface area contributed by atoms with Gasteiger partial charge in [-0.2, -0.15) is 9.78 Å². The molecule has 3 heterocycles. The van der Waals surface area contributed by atoms with Crippen molar-refractivity contribution >= 4 is 112 Å². The van der Waals surface area contributed by atoms with Gasteiger partial charge in [0.25, 0.3) is 5.91 Å². The van der Waals surface area contributed by atoms with Gasteiger partial charge >= 0.3 is 6.09 Å². The molecular formula is C73H102N20O16S. The standard InChI is InChI=1S/C73H102N20O16S/c1-40(2)37-55-69(104)85-50(23-30-75)63(98)84-53(26-33-78)68(103)90-60(41(3)94)71(106)81-35-27-54(66(101)83-51(24-31-76)65(100)89-56(70(105)88-55)38-43-13-7-6-8-14-43)86-64(99)52(25-32-77)87-72(107)61(42(4)95)91-67(102)49(22-29-74)82-59(96)28-36-109-73(108)93-57-39-45(110-58-17-10-9-16-47(58)62(97)79-5)19-20-46(57)48(92-93)21-18-44-15-11-12-34-80-44/h6-21,34,39-42,49-56,60-61,94-95H,22-33,35-38,74-78H2,1-5H3,(H,79,97)(H,81,106)(H,82,96)(H,83,101)(H,84,98)(H,85,104)(H,86,99)(H,87,107)(H,88,105)(H,89,100)(H,90,103)(H,91,102)/b21-18+/t41-,42-,49+,50+,51+,52+,53+,54+,55+,56-,60+,61+/m1/s1. The minimum Gasteiger partial charge on any atom is -0.447 e. The van der Waals surface area contributed by atoms with Gasteiger partial charge in [0.15, 0.2) is 0 Å². The number of pyridine rings is 1. The van der Waals surface area contributed by atoms with Crippen LogP contribution in [0.2, 0.25) is 0 Å². The average Bonchev–Trinajstić information content (AvgIpc) is 1.62. The zero-order chi connectivity index (χ0) is 80.6. The fraction of sp³-hybridized carbons (Fsp3) is 0.466. The molecule has 1 fully saturated rings. The molecule has 0 bridgehead atoms. The first-order valence-electron chi connectivity index (χ1n) is 36.1. The predicted octanol–water partition coefficient (Wildman–Crippen LogP) is -3.35. The lowest BCUT2D eigenvalue weighted by molar-refractivity contribution is -0.137. The molecule has 0 spiro atoms. The monoisotopic (exact) mass is 1550 g/mol. The zero-order valence-electron chi connectivity index (χ0n) is 62.0. The van der Waals surface area contributed by atoms with E-state index in [0.29, 0.717) is 43.2 Å². The molecule has 0 aliphatic carbocycles. The van der Waals surface area contributed by atoms with E-state index in [2.05, 4.69) is 73.9 Å². The number of rotatable bonds is 31. The second kappa shape index (κ2) is 44.6. The van der Waals surface area contributed by atoms with Gasteiger partial charge in [-0.3, -0.25) is 62.5 Å². The Bertz CT molecular complexity index is 4020. The van der Waals surface area contributed by atoms with Gasteiger partial charge in [-0.1, -0.05) is 74.1 Å². The number of nitrogens with zero attached hydrogens (tertiary/aromatic N) is 3. The molecular weight excluding hydrogens is 1440 g/mol. The highest BCUT2D eigenvalue weighted by atomic mass is 32.2. The molecule has 2 aromatic heterocycles. The normalized spacial score (nSPS) is 20.0. The van der Waals surface area contributed by atoms with Crippen LogP contribution in [-0.2, 0) is 63.9 Å². The summed E-state index contributed by atoms with van der Waals surface area (Å²) in [5.74, 6) is -11.3. The lowest BCUT2D eigenvalue weighted by Gasteiger charge is -2.29. The summed E-state index contributed by atoms with van der Waals surface area (Å²) in [4.78, 5) is 189. The molecule has 3 aromatic carbocycles. The van der Waals surface area contributed by atoms with E-state index >= 15 is 0 Å². The average molecular weight is 1550 g/mol. The third-order valence-electron chi connectivity index (χ3n) is 17.3. The number of benzene rings is 3. The molecule has 596 valence electrons. The summed E-state index contributed by atoms with van der Waals surface area (Å²) in [5.41, 5.74) is 31.9. The molecule has 0 radical (unpaired) electrons. The molecule has 0 saturated carbocycles. The van der Waals surface area contributed by atoms with Gasteiger partial charge in [0.1, 0.15) is 67.0 Å². The summed E-state index contributed by atoms with van der Waals surface area (Å²) in [5, 5.41) is 57.5. The fourth-order valence-electron chi connectivity index (χ4n) is 11.5. The summed E-state index contributed by atoms with van der Waals surface area (Å²) in [6, 6.07) is 10.4. The van der Waals surface area contributed by atoms with E-state index in [1.54, 1.807) is 123 Å². The first-order chi connectivity index (χ1) is 52.6. The van der Waals surface area contributed by atoms with Crippen LogP contribution >= 0.6 is 11.8 Å². The summed E-state index contributed by atoms with van der Waals surface area (Å²) in [6.07, 6.45) is -1.67. The smallest absolute Gasteiger partial charge is 0.435 e. The first kappa shape index (κ1) is 88.1. The van der Waals surface area contributed by atoms with Crippen LogP contribution in [0, 0.1) is 5.92 Å². The molecule has 1 saturated heterocycles. The first-order valence-corrected chi connectivity index (χ1v) is 36.9. The van der Waals surface area contributed by atoms with Gasteiger partial charge < -0.3 is 107 Å². The van der Waals surface area contributed by atoms with Crippen LogP contribution in [0.1, 0.15) is 106 Å². The van der Waals surface area contributed by atoms with E-state index in [0.717, 1.165) is 11.6 Å². The van der Waals surface area contributed by atoms with Crippen molar-refractivity contribution in [2.75, 3.05) is 52.9 Å². The number of fused-ring (bicyclic) bond motifs is 1. The van der Waals surface area contributed by atoms with Gasteiger partial charge in [-0.25, -0.2) is 4.79 Å². The highest BCUT2D eigenvalue weighted by molar-refractivity contribution is 7.99. The molecule has 5 aromatic rings. The summed E-state index contributed by atoms with van der Waals surface area (Å²) < 4.78 is 6.58. The Balaban J connectivity index is 1.21. The second-order valence-corrected chi connectivity index (χ2v) is 27.5. The van der Waals surface area contributed by atoms with Gasteiger partial charge in [-0.05, 0) is 158 Å². The van der Waals surface area contributed by atoms with Crippen LogP contribution < -0.4 is 92.5 Å². The van der Waals surface area contributed by atoms with Crippen LogP contribution in [0.5, 0.6) is 0 Å². The lowest BCUT2D eigenvalue weighted by atomic mass is 10.00. The summed E-state index contributed by atoms with van der Waals surface area (Å²) in [6.45, 7) is 3.79. The molecule has 12 amide bonds. The molecule has 12 atom stereocenters. The number of nitrogens with one attached hydrogen (secondary N) is 12. The molecule has 6 rings (SSSR count). The largest absolute Gasteiger partial charge is 0.447 e. The minimum absolute atomic E-state index is 0.0176. The third kappa shape index (κ3) is 26.8. The Kier molecular flexibility index (Phi) is 35.7. The Morgan fingerprint density at radius 3 is 1.79 bits per heavy atom. The van der Waals surface area contributed by atoms with Crippen LogP contribution in [0.25, 0.3) is 23.1 Å². The van der Waals surface area contributed by atoms with Crippen LogP contribution in [-0.4, -0.2) is 228 Å². The predicted molar refractivity (Wildman–Crippen MR) is 406 cm³/mol. The number of aliphatic hydroxyl groups excluding tert-OH is 2. The number of hydrogen-bond donors (Lipinski definition) is 19. The van der Waals surface area contributed by atoms with E-state index in [4.69, 9.17) is 33.4 Å². The zero-order valence-corrected chi connectivity index (χ0v) is 62.8. The Hall–Kier alpha value is -10.8. The molecule has 24 N–H and O–H groups in total. The number of amides is 12. The van der Waals surface area contributed by atoms with Crippen molar-refractivity contribution in [2.45, 2.75) is 168 Å². The van der Waals surface area contributed by atoms with Crippen LogP contribution in [0.15, 0.2) is 107 Å². The fourth-order valence-corrected chi connectivity index (χ4v) is 12.5. The van der Waals surface area contributed by atoms with Gasteiger partial charge in [0, 0.05) is 41.4 Å². The maximum Gasteiger partial charge on any atom is 0.435 e. The van der Waals surface area contributed by atoms with E-state index in [-0.39, 0.29) is 89.5 Å². The highest BCUT2D eigenvalue weighted by Crippen LogP contribution is 2.34. The van der Waals surface area contributed by atoms with E-state index in [1.165, 1.54) is 25.7 Å². The van der Waals surface area contributed by atoms with Crippen molar-refractivity contribution in [3.8, 4) is 0 Å². The van der Waals surface area contributed by atoms with Gasteiger partial charge in [0.2, 0.25) is 65.0 Å². The molecule has 36 nitrogen and oxygen atoms in total. The molecule has 1 aliphatic heterocycles. The van der Waals surface area contributed by atoms with Crippen LogP contribution in [0.4, 0.5) is 4.79 Å². The Morgan fingerprint density at radius 1 is 0.627 bits per heavy atom. The number of aliphatic hydroxyl groups is 2. The van der Waals surface area contributed by atoms with Crippen molar-refractivity contribution in [1.29, 1.82) is 0 Å². The minimum atomic E-state index is -1.86. The quantitative estimate of drug-likeness (QED) is 0.0206. The maximum atomic E-state index is 14.7. The third-order valence-corrected chi connectivity index (χ3v) is 18.4. The van der Waals surface area contributed by atoms with E-state index < -0.39 is 170 Å². The van der Waals surface area contributed by atoms with E-state index in [9.17, 15) is 72.5 Å². The number of carbonyl (C=O) groups is 13. The van der Waals surface area contributed by atoms with Crippen molar-refractivity contribution in [2.24, 2.45) is 34.6 Å². The molecule has 37 heteroatoms. The number of aromatic nitrogens is 3. The Morgan fingerprint density at radius 2 is 1.20 bits per heavy atom. The van der Waals surface area contributed by atoms with Crippen LogP contribution in [0.3, 0.4) is 0 Å².